The van der Waals surface area contributed by atoms with E-state index in [-0.39, 0.29) is 0 Å². The third-order valence-corrected chi connectivity index (χ3v) is 2.70. The first kappa shape index (κ1) is 9.57. The third kappa shape index (κ3) is 2.84. The van der Waals surface area contributed by atoms with Crippen LogP contribution in [0.3, 0.4) is 0 Å². The smallest absolute Gasteiger partial charge is 0.0168 e. The van der Waals surface area contributed by atoms with E-state index in [1.54, 1.807) is 0 Å². The highest BCUT2D eigenvalue weighted by Gasteiger charge is 2.13. The van der Waals surface area contributed by atoms with E-state index in [0.717, 1.165) is 12.3 Å². The fraction of sp³-hybridized carbons (Fsp3) is 0.667. The molecule has 0 bridgehead atoms. The zero-order valence-corrected chi connectivity index (χ0v) is 8.18. The zero-order chi connectivity index (χ0) is 8.81. The molecule has 0 aromatic carbocycles. The van der Waals surface area contributed by atoms with Gasteiger partial charge in [0.1, 0.15) is 0 Å². The summed E-state index contributed by atoms with van der Waals surface area (Å²) in [4.78, 5) is 0. The summed E-state index contributed by atoms with van der Waals surface area (Å²) in [5.74, 6) is 0.793. The quantitative estimate of drug-likeness (QED) is 0.551. The van der Waals surface area contributed by atoms with Crippen molar-refractivity contribution in [2.24, 2.45) is 5.92 Å². The molecule has 1 aliphatic carbocycles. The van der Waals surface area contributed by atoms with Gasteiger partial charge in [-0.05, 0) is 25.2 Å². The lowest BCUT2D eigenvalue weighted by molar-refractivity contribution is 0.409. The van der Waals surface area contributed by atoms with E-state index in [4.69, 9.17) is 0 Å². The van der Waals surface area contributed by atoms with Crippen molar-refractivity contribution < 1.29 is 0 Å². The molecule has 0 atom stereocenters. The summed E-state index contributed by atoms with van der Waals surface area (Å²) in [6, 6.07) is 0. The summed E-state index contributed by atoms with van der Waals surface area (Å²) in [6.07, 6.45) is 12.5. The molecular weight excluding hydrogens is 144 g/mol. The Bertz CT molecular complexity index is 159. The van der Waals surface area contributed by atoms with Crippen LogP contribution in [0.1, 0.15) is 45.4 Å². The van der Waals surface area contributed by atoms with Crippen LogP contribution in [0.2, 0.25) is 0 Å². The second-order valence-electron chi connectivity index (χ2n) is 3.72. The van der Waals surface area contributed by atoms with Crippen LogP contribution in [0.15, 0.2) is 24.3 Å². The molecule has 0 amide bonds. The zero-order valence-electron chi connectivity index (χ0n) is 8.18. The van der Waals surface area contributed by atoms with E-state index < -0.39 is 0 Å². The van der Waals surface area contributed by atoms with Gasteiger partial charge in [-0.1, -0.05) is 50.5 Å². The fourth-order valence-electron chi connectivity index (χ4n) is 1.88. The molecule has 0 heterocycles. The summed E-state index contributed by atoms with van der Waals surface area (Å²) >= 11 is 0. The predicted octanol–water partition coefficient (Wildman–Crippen LogP) is 4.09. The van der Waals surface area contributed by atoms with Crippen LogP contribution in [0.4, 0.5) is 0 Å². The second-order valence-corrected chi connectivity index (χ2v) is 3.72. The third-order valence-electron chi connectivity index (χ3n) is 2.70. The minimum Gasteiger partial charge on any atom is -0.0956 e. The fourth-order valence-corrected chi connectivity index (χ4v) is 1.88. The first-order valence-electron chi connectivity index (χ1n) is 5.20. The maximum absolute atomic E-state index is 4.13. The molecule has 1 saturated carbocycles. The molecule has 68 valence electrons. The van der Waals surface area contributed by atoms with Crippen LogP contribution < -0.4 is 0 Å². The van der Waals surface area contributed by atoms with Gasteiger partial charge in [0.15, 0.2) is 0 Å². The molecule has 0 heteroatoms. The van der Waals surface area contributed by atoms with Crippen molar-refractivity contribution in [3.63, 3.8) is 0 Å². The Morgan fingerprint density at radius 2 is 2.00 bits per heavy atom. The van der Waals surface area contributed by atoms with E-state index in [1.807, 2.05) is 0 Å². The highest BCUT2D eigenvalue weighted by Crippen LogP contribution is 2.29. The lowest BCUT2D eigenvalue weighted by Crippen LogP contribution is -2.06. The highest BCUT2D eigenvalue weighted by molar-refractivity contribution is 5.17. The van der Waals surface area contributed by atoms with E-state index in [2.05, 4.69) is 25.7 Å². The first-order chi connectivity index (χ1) is 5.84. The van der Waals surface area contributed by atoms with Gasteiger partial charge in [-0.25, -0.2) is 0 Å². The first-order valence-corrected chi connectivity index (χ1v) is 5.20. The van der Waals surface area contributed by atoms with Gasteiger partial charge in [-0.3, -0.25) is 0 Å². The lowest BCUT2D eigenvalue weighted by atomic mass is 9.84. The Morgan fingerprint density at radius 1 is 1.33 bits per heavy atom. The Morgan fingerprint density at radius 3 is 2.58 bits per heavy atom. The maximum Gasteiger partial charge on any atom is -0.0168 e. The Balaban J connectivity index is 2.34. The molecular formula is C12H20. The minimum atomic E-state index is 0.793. The minimum absolute atomic E-state index is 0.793. The molecule has 0 N–H and O–H groups in total. The number of hydrogen-bond donors (Lipinski definition) is 0. The van der Waals surface area contributed by atoms with E-state index in [0.29, 0.717) is 0 Å². The molecule has 0 aliphatic heterocycles. The average Bonchev–Trinajstić information content (AvgIpc) is 2.15. The van der Waals surface area contributed by atoms with Crippen molar-refractivity contribution in [1.82, 2.24) is 0 Å². The molecule has 0 spiro atoms. The van der Waals surface area contributed by atoms with Crippen molar-refractivity contribution in [2.75, 3.05) is 0 Å². The van der Waals surface area contributed by atoms with Gasteiger partial charge in [-0.2, -0.15) is 0 Å². The van der Waals surface area contributed by atoms with Crippen LogP contribution in [0.25, 0.3) is 0 Å². The summed E-state index contributed by atoms with van der Waals surface area (Å²) in [6.45, 7) is 6.30. The Kier molecular flexibility index (Phi) is 4.13. The van der Waals surface area contributed by atoms with Gasteiger partial charge < -0.3 is 0 Å². The molecule has 12 heavy (non-hydrogen) atoms. The number of hydrogen-bond acceptors (Lipinski definition) is 0. The SMILES string of the molecule is C=C(C=CCC)C1CCCCC1. The van der Waals surface area contributed by atoms with Gasteiger partial charge in [0, 0.05) is 0 Å². The van der Waals surface area contributed by atoms with E-state index >= 15 is 0 Å². The van der Waals surface area contributed by atoms with Crippen LogP contribution in [0.5, 0.6) is 0 Å². The van der Waals surface area contributed by atoms with Crippen molar-refractivity contribution in [3.05, 3.63) is 24.3 Å². The van der Waals surface area contributed by atoms with Crippen molar-refractivity contribution in [3.8, 4) is 0 Å². The molecule has 0 aromatic rings. The summed E-state index contributed by atoms with van der Waals surface area (Å²) in [5, 5.41) is 0. The van der Waals surface area contributed by atoms with Gasteiger partial charge in [0.05, 0.1) is 0 Å². The number of allylic oxidation sites excluding steroid dienone is 3. The Labute approximate surface area is 76.4 Å². The van der Waals surface area contributed by atoms with Gasteiger partial charge >= 0.3 is 0 Å². The van der Waals surface area contributed by atoms with Crippen LogP contribution >= 0.6 is 0 Å². The summed E-state index contributed by atoms with van der Waals surface area (Å²) in [7, 11) is 0. The second kappa shape index (κ2) is 5.18. The monoisotopic (exact) mass is 164 g/mol. The molecule has 1 fully saturated rings. The summed E-state index contributed by atoms with van der Waals surface area (Å²) in [5.41, 5.74) is 1.36. The van der Waals surface area contributed by atoms with Gasteiger partial charge in [-0.15, -0.1) is 0 Å². The molecule has 0 radical (unpaired) electrons. The van der Waals surface area contributed by atoms with Crippen LogP contribution in [0, 0.1) is 5.92 Å². The van der Waals surface area contributed by atoms with Crippen LogP contribution in [-0.2, 0) is 0 Å². The van der Waals surface area contributed by atoms with Crippen molar-refractivity contribution in [1.29, 1.82) is 0 Å². The molecule has 0 unspecified atom stereocenters. The standard InChI is InChI=1S/C12H20/c1-3-4-8-11(2)12-9-6-5-7-10-12/h4,8,12H,2-3,5-7,9-10H2,1H3. The molecule has 1 rings (SSSR count). The number of rotatable bonds is 3. The largest absolute Gasteiger partial charge is 0.0956 e. The predicted molar refractivity (Wildman–Crippen MR) is 55.1 cm³/mol. The van der Waals surface area contributed by atoms with E-state index in [1.165, 1.54) is 37.7 Å². The molecule has 1 aliphatic rings. The maximum atomic E-state index is 4.13. The van der Waals surface area contributed by atoms with Crippen molar-refractivity contribution >= 4 is 0 Å². The van der Waals surface area contributed by atoms with Crippen LogP contribution in [-0.4, -0.2) is 0 Å². The summed E-state index contributed by atoms with van der Waals surface area (Å²) < 4.78 is 0. The highest BCUT2D eigenvalue weighted by atomic mass is 14.2. The molecule has 0 saturated heterocycles. The van der Waals surface area contributed by atoms with Gasteiger partial charge in [0.2, 0.25) is 0 Å². The topological polar surface area (TPSA) is 0 Å². The Hall–Kier alpha value is -0.520. The van der Waals surface area contributed by atoms with E-state index in [9.17, 15) is 0 Å². The normalized spacial score (nSPS) is 20.1. The van der Waals surface area contributed by atoms with Crippen molar-refractivity contribution in [2.45, 2.75) is 45.4 Å². The molecule has 0 nitrogen and oxygen atoms in total. The van der Waals surface area contributed by atoms with Gasteiger partial charge in [0.25, 0.3) is 0 Å². The average molecular weight is 164 g/mol. The lowest BCUT2D eigenvalue weighted by Gasteiger charge is -2.21. The molecule has 0 aromatic heterocycles.